The Bertz CT molecular complexity index is 493. The van der Waals surface area contributed by atoms with E-state index in [4.69, 9.17) is 9.47 Å². The molecule has 1 aliphatic carbocycles. The van der Waals surface area contributed by atoms with Crippen LogP contribution in [0.1, 0.15) is 77.2 Å². The van der Waals surface area contributed by atoms with Crippen LogP contribution < -0.4 is 4.74 Å². The van der Waals surface area contributed by atoms with Crippen LogP contribution in [-0.4, -0.2) is 19.3 Å². The minimum atomic E-state index is 0.555. The third kappa shape index (κ3) is 5.74. The van der Waals surface area contributed by atoms with Crippen molar-refractivity contribution in [2.75, 3.05) is 13.2 Å². The summed E-state index contributed by atoms with van der Waals surface area (Å²) in [7, 11) is 0. The van der Waals surface area contributed by atoms with Crippen molar-refractivity contribution >= 4 is 0 Å². The summed E-state index contributed by atoms with van der Waals surface area (Å²) in [6.45, 7) is 6.07. The SMILES string of the molecule is CCCC1CCC(C2CCC(CCc3ccc(OCC)cc3)CO2)CC1. The zero-order valence-electron chi connectivity index (χ0n) is 16.9. The molecule has 1 aromatic rings. The molecule has 3 rings (SSSR count). The first-order chi connectivity index (χ1) is 12.8. The maximum Gasteiger partial charge on any atom is 0.119 e. The summed E-state index contributed by atoms with van der Waals surface area (Å²) in [4.78, 5) is 0. The Morgan fingerprint density at radius 1 is 0.885 bits per heavy atom. The first-order valence-electron chi connectivity index (χ1n) is 11.1. The third-order valence-electron chi connectivity index (χ3n) is 6.60. The lowest BCUT2D eigenvalue weighted by atomic mass is 9.76. The molecular formula is C24H38O2. The van der Waals surface area contributed by atoms with Gasteiger partial charge in [-0.05, 0) is 80.9 Å². The van der Waals surface area contributed by atoms with Crippen LogP contribution in [0.3, 0.4) is 0 Å². The zero-order valence-corrected chi connectivity index (χ0v) is 16.9. The second-order valence-corrected chi connectivity index (χ2v) is 8.50. The van der Waals surface area contributed by atoms with Crippen LogP contribution in [0.2, 0.25) is 0 Å². The number of rotatable bonds is 8. The van der Waals surface area contributed by atoms with Crippen LogP contribution in [0.25, 0.3) is 0 Å². The molecule has 0 bridgehead atoms. The van der Waals surface area contributed by atoms with Gasteiger partial charge in [-0.15, -0.1) is 0 Å². The first-order valence-corrected chi connectivity index (χ1v) is 11.1. The van der Waals surface area contributed by atoms with Crippen molar-refractivity contribution in [3.63, 3.8) is 0 Å². The molecular weight excluding hydrogens is 320 g/mol. The largest absolute Gasteiger partial charge is 0.494 e. The van der Waals surface area contributed by atoms with Gasteiger partial charge in [0, 0.05) is 6.61 Å². The standard InChI is InChI=1S/C24H38O2/c1-3-5-19-8-13-22(14-9-19)24-17-12-21(18-26-24)7-6-20-10-15-23(16-11-20)25-4-2/h10-11,15-16,19,21-22,24H,3-9,12-14,17-18H2,1-2H3. The second kappa shape index (κ2) is 10.3. The fraction of sp³-hybridized carbons (Fsp3) is 0.750. The third-order valence-corrected chi connectivity index (χ3v) is 6.60. The topological polar surface area (TPSA) is 18.5 Å². The van der Waals surface area contributed by atoms with Crippen LogP contribution in [0.15, 0.2) is 24.3 Å². The molecule has 2 unspecified atom stereocenters. The van der Waals surface area contributed by atoms with Gasteiger partial charge < -0.3 is 9.47 Å². The Kier molecular flexibility index (Phi) is 7.85. The fourth-order valence-electron chi connectivity index (χ4n) is 4.97. The van der Waals surface area contributed by atoms with Crippen LogP contribution >= 0.6 is 0 Å². The summed E-state index contributed by atoms with van der Waals surface area (Å²) in [5.41, 5.74) is 1.42. The zero-order chi connectivity index (χ0) is 18.2. The van der Waals surface area contributed by atoms with E-state index in [1.54, 1.807) is 0 Å². The molecule has 0 amide bonds. The molecule has 0 N–H and O–H groups in total. The van der Waals surface area contributed by atoms with Crippen molar-refractivity contribution in [2.24, 2.45) is 17.8 Å². The molecule has 26 heavy (non-hydrogen) atoms. The van der Waals surface area contributed by atoms with Crippen molar-refractivity contribution in [1.82, 2.24) is 0 Å². The van der Waals surface area contributed by atoms with Gasteiger partial charge in [-0.3, -0.25) is 0 Å². The smallest absolute Gasteiger partial charge is 0.119 e. The average molecular weight is 359 g/mol. The average Bonchev–Trinajstić information content (AvgIpc) is 2.69. The van der Waals surface area contributed by atoms with Gasteiger partial charge in [0.1, 0.15) is 5.75 Å². The van der Waals surface area contributed by atoms with Gasteiger partial charge in [0.05, 0.1) is 12.7 Å². The van der Waals surface area contributed by atoms with E-state index in [9.17, 15) is 0 Å². The molecule has 1 saturated heterocycles. The van der Waals surface area contributed by atoms with E-state index in [-0.39, 0.29) is 0 Å². The van der Waals surface area contributed by atoms with Crippen molar-refractivity contribution in [2.45, 2.75) is 84.2 Å². The quantitative estimate of drug-likeness (QED) is 0.534. The number of hydrogen-bond acceptors (Lipinski definition) is 2. The molecule has 2 atom stereocenters. The van der Waals surface area contributed by atoms with Gasteiger partial charge in [-0.1, -0.05) is 44.7 Å². The fourth-order valence-corrected chi connectivity index (χ4v) is 4.97. The molecule has 0 radical (unpaired) electrons. The lowest BCUT2D eigenvalue weighted by molar-refractivity contribution is -0.0594. The monoisotopic (exact) mass is 358 g/mol. The van der Waals surface area contributed by atoms with Crippen molar-refractivity contribution in [3.05, 3.63) is 29.8 Å². The molecule has 2 fully saturated rings. The van der Waals surface area contributed by atoms with Gasteiger partial charge in [-0.2, -0.15) is 0 Å². The summed E-state index contributed by atoms with van der Waals surface area (Å²) in [6, 6.07) is 8.63. The van der Waals surface area contributed by atoms with Crippen LogP contribution in [0, 0.1) is 17.8 Å². The highest BCUT2D eigenvalue weighted by Gasteiger charge is 2.31. The van der Waals surface area contributed by atoms with Gasteiger partial charge in [-0.25, -0.2) is 0 Å². The molecule has 2 heteroatoms. The predicted octanol–water partition coefficient (Wildman–Crippen LogP) is 6.42. The van der Waals surface area contributed by atoms with E-state index in [1.807, 2.05) is 6.92 Å². The summed E-state index contributed by atoms with van der Waals surface area (Å²) >= 11 is 0. The molecule has 0 spiro atoms. The number of ether oxygens (including phenoxy) is 2. The van der Waals surface area contributed by atoms with Crippen molar-refractivity contribution < 1.29 is 9.47 Å². The highest BCUT2D eigenvalue weighted by atomic mass is 16.5. The molecule has 2 aliphatic rings. The van der Waals surface area contributed by atoms with Gasteiger partial charge in [0.2, 0.25) is 0 Å². The summed E-state index contributed by atoms with van der Waals surface area (Å²) in [5.74, 6) is 3.57. The predicted molar refractivity (Wildman–Crippen MR) is 109 cm³/mol. The van der Waals surface area contributed by atoms with E-state index in [2.05, 4.69) is 31.2 Å². The van der Waals surface area contributed by atoms with Crippen molar-refractivity contribution in [1.29, 1.82) is 0 Å². The number of aryl methyl sites for hydroxylation is 1. The molecule has 1 aliphatic heterocycles. The Labute approximate surface area is 160 Å². The highest BCUT2D eigenvalue weighted by Crippen LogP contribution is 2.37. The lowest BCUT2D eigenvalue weighted by Gasteiger charge is -2.38. The number of hydrogen-bond donors (Lipinski definition) is 0. The van der Waals surface area contributed by atoms with Gasteiger partial charge in [0.15, 0.2) is 0 Å². The molecule has 0 aromatic heterocycles. The maximum atomic E-state index is 6.34. The maximum absolute atomic E-state index is 6.34. The van der Waals surface area contributed by atoms with Crippen LogP contribution in [0.5, 0.6) is 5.75 Å². The van der Waals surface area contributed by atoms with E-state index < -0.39 is 0 Å². The molecule has 1 saturated carbocycles. The highest BCUT2D eigenvalue weighted by molar-refractivity contribution is 5.27. The lowest BCUT2D eigenvalue weighted by Crippen LogP contribution is -2.34. The molecule has 1 heterocycles. The van der Waals surface area contributed by atoms with Gasteiger partial charge in [0.25, 0.3) is 0 Å². The summed E-state index contributed by atoms with van der Waals surface area (Å²) in [6.07, 6.45) is 14.1. The van der Waals surface area contributed by atoms with E-state index in [1.165, 1.54) is 63.4 Å². The number of benzene rings is 1. The van der Waals surface area contributed by atoms with Crippen LogP contribution in [-0.2, 0) is 11.2 Å². The normalized spacial score (nSPS) is 29.5. The van der Waals surface area contributed by atoms with Gasteiger partial charge >= 0.3 is 0 Å². The Morgan fingerprint density at radius 2 is 1.62 bits per heavy atom. The second-order valence-electron chi connectivity index (χ2n) is 8.50. The Hall–Kier alpha value is -1.02. The molecule has 2 nitrogen and oxygen atoms in total. The van der Waals surface area contributed by atoms with E-state index in [0.717, 1.165) is 43.1 Å². The molecule has 1 aromatic carbocycles. The Balaban J connectivity index is 1.35. The minimum Gasteiger partial charge on any atom is -0.494 e. The first kappa shape index (κ1) is 19.7. The van der Waals surface area contributed by atoms with Crippen molar-refractivity contribution in [3.8, 4) is 5.75 Å². The van der Waals surface area contributed by atoms with Crippen LogP contribution in [0.4, 0.5) is 0 Å². The summed E-state index contributed by atoms with van der Waals surface area (Å²) in [5, 5.41) is 0. The summed E-state index contributed by atoms with van der Waals surface area (Å²) < 4.78 is 11.9. The Morgan fingerprint density at radius 3 is 2.23 bits per heavy atom. The van der Waals surface area contributed by atoms with E-state index in [0.29, 0.717) is 6.10 Å². The minimum absolute atomic E-state index is 0.555. The van der Waals surface area contributed by atoms with E-state index >= 15 is 0 Å². The molecule has 146 valence electrons.